The zero-order chi connectivity index (χ0) is 51.1. The first-order valence-corrected chi connectivity index (χ1v) is 23.8. The van der Waals surface area contributed by atoms with Gasteiger partial charge in [-0.2, -0.15) is 4.98 Å². The number of anilines is 4. The Morgan fingerprint density at radius 3 is 1.54 bits per heavy atom. The molecule has 0 amide bonds. The van der Waals surface area contributed by atoms with E-state index in [4.69, 9.17) is 69.3 Å². The molecule has 5 aromatic heterocycles. The van der Waals surface area contributed by atoms with Crippen LogP contribution < -0.4 is 39.4 Å². The standard InChI is InChI=1S/C21H17BrClN5O.C17H15ClN2O.C4H3BrClN3.C4H4ClN3.BHNS/c1-12(26-19-15(22)11-25-21(24)27-19)17-10-13-6-5-9-16(23)18(13)20(29)28(17)14-7-3-2-4-8-14;1-11(19)15-10-12-6-5-9-14(18)16(12)17(21)20(15)13-7-3-2-4-8-13;5-2-1-8-4(7)9-3(2)6;5-3-1-2-7-4(6)8-3;1-2-3/h2-12H,1H3,(H3,24,25,26,27);2-11H,19H2,1H3;1H,(H2,7,8,9);1-2H,(H2,6,7,8);3H/t12-;11-;;;/m00.../s1. The summed E-state index contributed by atoms with van der Waals surface area (Å²) >= 11 is 33.3. The molecule has 9 aromatic rings. The molecule has 70 heavy (non-hydrogen) atoms. The molecule has 16 nitrogen and oxygen atoms in total. The van der Waals surface area contributed by atoms with Gasteiger partial charge in [0, 0.05) is 47.4 Å². The Hall–Kier alpha value is -5.97. The molecule has 0 fully saturated rings. The van der Waals surface area contributed by atoms with Crippen LogP contribution >= 0.6 is 91.1 Å². The van der Waals surface area contributed by atoms with Crippen LogP contribution in [0.15, 0.2) is 157 Å². The Labute approximate surface area is 444 Å². The summed E-state index contributed by atoms with van der Waals surface area (Å²) < 4.78 is 7.33. The van der Waals surface area contributed by atoms with Gasteiger partial charge in [-0.05, 0) is 111 Å². The van der Waals surface area contributed by atoms with Crippen molar-refractivity contribution in [2.24, 2.45) is 10.0 Å². The van der Waals surface area contributed by atoms with E-state index in [0.717, 1.165) is 33.5 Å². The minimum atomic E-state index is -0.267. The third-order valence-corrected chi connectivity index (χ3v) is 12.0. The Balaban J connectivity index is 0.000000192. The summed E-state index contributed by atoms with van der Waals surface area (Å²) in [7, 11) is 4.34. The molecule has 5 heterocycles. The van der Waals surface area contributed by atoms with Crippen molar-refractivity contribution in [3.05, 3.63) is 195 Å². The number of nitrogens with one attached hydrogen (secondary N) is 1. The van der Waals surface area contributed by atoms with E-state index in [-0.39, 0.29) is 41.0 Å². The predicted octanol–water partition coefficient (Wildman–Crippen LogP) is 11.0. The maximum absolute atomic E-state index is 13.4. The molecule has 0 aliphatic rings. The number of halogens is 6. The van der Waals surface area contributed by atoms with Crippen LogP contribution in [0.25, 0.3) is 32.9 Å². The molecule has 0 bridgehead atoms. The molecule has 1 radical (unpaired) electrons. The molecule has 4 aromatic carbocycles. The van der Waals surface area contributed by atoms with Crippen molar-refractivity contribution in [1.82, 2.24) is 39.0 Å². The Kier molecular flexibility index (Phi) is 20.7. The number of nitrogens with zero attached hydrogens (tertiary/aromatic N) is 9. The Morgan fingerprint density at radius 2 is 1.10 bits per heavy atom. The van der Waals surface area contributed by atoms with Crippen molar-refractivity contribution in [2.45, 2.75) is 25.9 Å². The second-order valence-electron chi connectivity index (χ2n) is 14.3. The van der Waals surface area contributed by atoms with E-state index >= 15 is 0 Å². The van der Waals surface area contributed by atoms with E-state index in [9.17, 15) is 9.59 Å². The number of para-hydroxylation sites is 2. The van der Waals surface area contributed by atoms with Crippen molar-refractivity contribution in [3.63, 3.8) is 0 Å². The fraction of sp³-hybridized carbons (Fsp3) is 0.0870. The number of rotatable bonds is 6. The topological polar surface area (TPSA) is 250 Å². The summed E-state index contributed by atoms with van der Waals surface area (Å²) in [5.41, 5.74) is 24.9. The molecule has 9 rings (SSSR count). The summed E-state index contributed by atoms with van der Waals surface area (Å²) in [6.45, 7) is 3.82. The van der Waals surface area contributed by atoms with Gasteiger partial charge in [-0.15, -0.1) is 0 Å². The first-order chi connectivity index (χ1) is 33.4. The fourth-order valence-electron chi connectivity index (χ4n) is 6.49. The van der Waals surface area contributed by atoms with Gasteiger partial charge in [0.1, 0.15) is 16.1 Å². The van der Waals surface area contributed by atoms with Gasteiger partial charge in [0.25, 0.3) is 11.1 Å². The van der Waals surface area contributed by atoms with Crippen LogP contribution in [0.1, 0.15) is 37.3 Å². The van der Waals surface area contributed by atoms with Crippen LogP contribution in [-0.4, -0.2) is 46.7 Å². The summed E-state index contributed by atoms with van der Waals surface area (Å²) in [6, 6.07) is 34.7. The minimum absolute atomic E-state index is 0.142. The van der Waals surface area contributed by atoms with Gasteiger partial charge in [0.15, 0.2) is 0 Å². The molecule has 0 spiro atoms. The molecule has 2 atom stereocenters. The quantitative estimate of drug-likeness (QED) is 0.0516. The molecule has 0 aliphatic carbocycles. The molecule has 24 heteroatoms. The third kappa shape index (κ3) is 14.5. The molecule has 9 N–H and O–H groups in total. The van der Waals surface area contributed by atoms with Gasteiger partial charge in [-0.1, -0.05) is 107 Å². The zero-order valence-corrected chi connectivity index (χ0v) is 43.9. The van der Waals surface area contributed by atoms with Gasteiger partial charge in [-0.25, -0.2) is 24.9 Å². The molecule has 0 saturated carbocycles. The maximum atomic E-state index is 13.4. The van der Waals surface area contributed by atoms with E-state index in [1.807, 2.05) is 111 Å². The number of pyridine rings is 2. The van der Waals surface area contributed by atoms with Gasteiger partial charge in [0.05, 0.1) is 35.8 Å². The molecular formula is C46H40BBr2Cl4N14O2S. The Morgan fingerprint density at radius 1 is 0.643 bits per heavy atom. The number of fused-ring (bicyclic) bond motifs is 2. The monoisotopic (exact) mass is 1160 g/mol. The van der Waals surface area contributed by atoms with Crippen molar-refractivity contribution < 1.29 is 0 Å². The second kappa shape index (κ2) is 26.3. The zero-order valence-electron chi connectivity index (χ0n) is 36.8. The second-order valence-corrected chi connectivity index (χ2v) is 17.8. The van der Waals surface area contributed by atoms with Crippen LogP contribution in [-0.2, 0) is 0 Å². The van der Waals surface area contributed by atoms with E-state index < -0.39 is 0 Å². The van der Waals surface area contributed by atoms with Crippen LogP contribution in [0.3, 0.4) is 0 Å². The molecule has 0 aliphatic heterocycles. The van der Waals surface area contributed by atoms with E-state index in [2.05, 4.69) is 91.8 Å². The van der Waals surface area contributed by atoms with E-state index in [0.29, 0.717) is 45.9 Å². The van der Waals surface area contributed by atoms with Crippen LogP contribution in [0.5, 0.6) is 0 Å². The van der Waals surface area contributed by atoms with Crippen molar-refractivity contribution in [2.75, 3.05) is 22.5 Å². The molecule has 357 valence electrons. The SMILES string of the molecule is C[C@H](N)c1cc2cccc(Cl)c2c(=O)n1-c1ccccc1.C[C@H](Nc1nc(N)ncc1Br)c1cc2cccc(Cl)c2c(=O)n1-c1ccccc1.Nc1ncc(Br)c(Cl)n1.Nc1nccc(Cl)n1.[B]=NS. The van der Waals surface area contributed by atoms with Crippen molar-refractivity contribution >= 4 is 144 Å². The molecule has 0 unspecified atom stereocenters. The summed E-state index contributed by atoms with van der Waals surface area (Å²) in [4.78, 5) is 49.1. The normalized spacial score (nSPS) is 11.2. The van der Waals surface area contributed by atoms with Crippen LogP contribution in [0, 0.1) is 0 Å². The summed E-state index contributed by atoms with van der Waals surface area (Å²) in [6.07, 6.45) is 4.59. The van der Waals surface area contributed by atoms with Crippen LogP contribution in [0.2, 0.25) is 20.4 Å². The Bertz CT molecular complexity index is 3350. The van der Waals surface area contributed by atoms with Crippen LogP contribution in [0.4, 0.5) is 23.7 Å². The molecule has 0 saturated heterocycles. The van der Waals surface area contributed by atoms with Gasteiger partial charge in [-0.3, -0.25) is 18.7 Å². The van der Waals surface area contributed by atoms with Gasteiger partial charge < -0.3 is 28.3 Å². The fourth-order valence-corrected chi connectivity index (χ4v) is 7.79. The van der Waals surface area contributed by atoms with Gasteiger partial charge in [0.2, 0.25) is 17.8 Å². The van der Waals surface area contributed by atoms with E-state index in [1.54, 1.807) is 33.5 Å². The summed E-state index contributed by atoms with van der Waals surface area (Å²) in [5.74, 6) is 1.09. The van der Waals surface area contributed by atoms with Gasteiger partial charge >= 0.3 is 24.8 Å². The average molecular weight is 1170 g/mol. The number of hydrogen-bond donors (Lipinski definition) is 6. The number of nitrogen functional groups attached to an aromatic ring is 3. The average Bonchev–Trinajstić information content (AvgIpc) is 3.32. The van der Waals surface area contributed by atoms with Crippen molar-refractivity contribution in [3.8, 4) is 11.4 Å². The first kappa shape index (κ1) is 55.0. The van der Waals surface area contributed by atoms with E-state index in [1.165, 1.54) is 12.4 Å². The predicted molar refractivity (Wildman–Crippen MR) is 296 cm³/mol. The summed E-state index contributed by atoms with van der Waals surface area (Å²) in [5, 5.41) is 7.50. The third-order valence-electron chi connectivity index (χ3n) is 9.46. The number of nitrogens with two attached hydrogens (primary N) is 4. The number of hydrogen-bond acceptors (Lipinski definition) is 15. The van der Waals surface area contributed by atoms with Crippen molar-refractivity contribution in [1.29, 1.82) is 0 Å². The number of aromatic nitrogens is 8. The first-order valence-electron chi connectivity index (χ1n) is 20.3. The molecular weight excluding hydrogens is 1130 g/mol. The number of benzene rings is 4. The number of thiol groups is 1.